The highest BCUT2D eigenvalue weighted by Gasteiger charge is 2.38. The van der Waals surface area contributed by atoms with Crippen LogP contribution in [0.4, 0.5) is 0 Å². The van der Waals surface area contributed by atoms with E-state index in [1.54, 1.807) is 0 Å². The molecule has 1 heterocycles. The molecule has 1 saturated carbocycles. The Bertz CT molecular complexity index is 744. The molecule has 0 radical (unpaired) electrons. The van der Waals surface area contributed by atoms with Crippen LogP contribution in [0.5, 0.6) is 0 Å². The first-order chi connectivity index (χ1) is 13.3. The van der Waals surface area contributed by atoms with Crippen molar-refractivity contribution in [2.45, 2.75) is 37.5 Å². The molecule has 2 aromatic rings. The first kappa shape index (κ1) is 20.9. The third-order valence-electron chi connectivity index (χ3n) is 6.63. The molecular formula is C24H31ClN2O. The van der Waals surface area contributed by atoms with Gasteiger partial charge in [0.1, 0.15) is 0 Å². The maximum atomic E-state index is 13.2. The Labute approximate surface area is 174 Å². The van der Waals surface area contributed by atoms with Gasteiger partial charge in [-0.3, -0.25) is 4.79 Å². The van der Waals surface area contributed by atoms with Crippen LogP contribution in [0, 0.1) is 11.8 Å². The van der Waals surface area contributed by atoms with E-state index in [9.17, 15) is 4.79 Å². The van der Waals surface area contributed by atoms with E-state index in [1.165, 1.54) is 11.1 Å². The average molecular weight is 399 g/mol. The lowest BCUT2D eigenvalue weighted by atomic mass is 9.78. The monoisotopic (exact) mass is 398 g/mol. The molecule has 0 aromatic heterocycles. The lowest BCUT2D eigenvalue weighted by molar-refractivity contribution is -0.135. The first-order valence-electron chi connectivity index (χ1n) is 10.3. The second kappa shape index (κ2) is 9.58. The van der Waals surface area contributed by atoms with Gasteiger partial charge in [-0.1, -0.05) is 60.7 Å². The third-order valence-corrected chi connectivity index (χ3v) is 6.63. The van der Waals surface area contributed by atoms with Gasteiger partial charge >= 0.3 is 0 Å². The number of rotatable bonds is 4. The fourth-order valence-electron chi connectivity index (χ4n) is 5.03. The molecule has 1 amide bonds. The van der Waals surface area contributed by atoms with Crippen LogP contribution >= 0.6 is 12.4 Å². The summed E-state index contributed by atoms with van der Waals surface area (Å²) in [7, 11) is 0. The van der Waals surface area contributed by atoms with Crippen molar-refractivity contribution in [1.82, 2.24) is 4.90 Å². The molecule has 1 aliphatic heterocycles. The van der Waals surface area contributed by atoms with Gasteiger partial charge in [-0.25, -0.2) is 0 Å². The van der Waals surface area contributed by atoms with E-state index in [1.807, 2.05) is 6.07 Å². The van der Waals surface area contributed by atoms with Crippen LogP contribution in [0.15, 0.2) is 60.7 Å². The summed E-state index contributed by atoms with van der Waals surface area (Å²) in [5.41, 5.74) is 8.79. The number of halogens is 1. The third kappa shape index (κ3) is 4.42. The number of nitrogens with two attached hydrogens (primary N) is 1. The number of likely N-dealkylation sites (tertiary alicyclic amines) is 1. The molecule has 2 N–H and O–H groups in total. The molecule has 0 spiro atoms. The largest absolute Gasteiger partial charge is 0.341 e. The Hall–Kier alpha value is -1.84. The standard InChI is InChI=1S/C24H30N2O.ClH/c25-15-22-16-26(17-23(22)20-9-5-2-6-10-20)24(27)21-13-11-19(12-14-21)18-7-3-1-4-8-18;/h1-10,19,21-23H,11-17,25H2;1H/t19?,21?,22-,23+;/m1./s1. The molecule has 4 rings (SSSR count). The normalized spacial score (nSPS) is 27.2. The smallest absolute Gasteiger partial charge is 0.225 e. The van der Waals surface area contributed by atoms with E-state index >= 15 is 0 Å². The van der Waals surface area contributed by atoms with Crippen LogP contribution in [-0.4, -0.2) is 30.4 Å². The number of benzene rings is 2. The van der Waals surface area contributed by atoms with Gasteiger partial charge in [0, 0.05) is 24.9 Å². The molecule has 1 aliphatic carbocycles. The zero-order valence-electron chi connectivity index (χ0n) is 16.4. The summed E-state index contributed by atoms with van der Waals surface area (Å²) in [4.78, 5) is 15.3. The summed E-state index contributed by atoms with van der Waals surface area (Å²) >= 11 is 0. The highest BCUT2D eigenvalue weighted by Crippen LogP contribution is 2.38. The van der Waals surface area contributed by atoms with Crippen molar-refractivity contribution in [3.8, 4) is 0 Å². The molecule has 2 aromatic carbocycles. The van der Waals surface area contributed by atoms with Gasteiger partial charge < -0.3 is 10.6 Å². The molecule has 2 atom stereocenters. The maximum Gasteiger partial charge on any atom is 0.225 e. The molecule has 1 saturated heterocycles. The van der Waals surface area contributed by atoms with Gasteiger partial charge in [-0.05, 0) is 55.2 Å². The van der Waals surface area contributed by atoms with Crippen molar-refractivity contribution in [3.05, 3.63) is 71.8 Å². The predicted octanol–water partition coefficient (Wildman–Crippen LogP) is 4.58. The lowest BCUT2D eigenvalue weighted by Crippen LogP contribution is -2.36. The van der Waals surface area contributed by atoms with Crippen LogP contribution < -0.4 is 5.73 Å². The van der Waals surface area contributed by atoms with Crippen LogP contribution in [0.2, 0.25) is 0 Å². The fraction of sp³-hybridized carbons (Fsp3) is 0.458. The van der Waals surface area contributed by atoms with Crippen molar-refractivity contribution in [2.24, 2.45) is 17.6 Å². The second-order valence-electron chi connectivity index (χ2n) is 8.22. The maximum absolute atomic E-state index is 13.2. The molecular weight excluding hydrogens is 368 g/mol. The molecule has 2 aliphatic rings. The Morgan fingerprint density at radius 1 is 0.857 bits per heavy atom. The van der Waals surface area contributed by atoms with Crippen molar-refractivity contribution >= 4 is 18.3 Å². The SMILES string of the molecule is Cl.NC[C@@H]1CN(C(=O)C2CCC(c3ccccc3)CC2)C[C@H]1c1ccccc1. The molecule has 2 fully saturated rings. The Kier molecular flexibility index (Phi) is 7.14. The summed E-state index contributed by atoms with van der Waals surface area (Å²) in [5.74, 6) is 1.91. The molecule has 28 heavy (non-hydrogen) atoms. The van der Waals surface area contributed by atoms with Gasteiger partial charge in [0.05, 0.1) is 0 Å². The minimum atomic E-state index is 0. The van der Waals surface area contributed by atoms with E-state index in [2.05, 4.69) is 59.5 Å². The Morgan fingerprint density at radius 3 is 2.00 bits per heavy atom. The van der Waals surface area contributed by atoms with Crippen LogP contribution in [0.1, 0.15) is 48.6 Å². The van der Waals surface area contributed by atoms with Gasteiger partial charge in [0.25, 0.3) is 0 Å². The van der Waals surface area contributed by atoms with E-state index < -0.39 is 0 Å². The van der Waals surface area contributed by atoms with Crippen LogP contribution in [0.25, 0.3) is 0 Å². The second-order valence-corrected chi connectivity index (χ2v) is 8.22. The molecule has 0 bridgehead atoms. The van der Waals surface area contributed by atoms with Gasteiger partial charge in [0.2, 0.25) is 5.91 Å². The van der Waals surface area contributed by atoms with Crippen molar-refractivity contribution in [3.63, 3.8) is 0 Å². The first-order valence-corrected chi connectivity index (χ1v) is 10.3. The minimum Gasteiger partial charge on any atom is -0.341 e. The summed E-state index contributed by atoms with van der Waals surface area (Å²) in [6, 6.07) is 21.3. The number of nitrogens with zero attached hydrogens (tertiary/aromatic N) is 1. The number of carbonyl (C=O) groups is 1. The zero-order chi connectivity index (χ0) is 18.6. The van der Waals surface area contributed by atoms with Gasteiger partial charge in [0.15, 0.2) is 0 Å². The van der Waals surface area contributed by atoms with E-state index in [-0.39, 0.29) is 18.3 Å². The number of carbonyl (C=O) groups excluding carboxylic acids is 1. The summed E-state index contributed by atoms with van der Waals surface area (Å²) in [6.07, 6.45) is 4.27. The van der Waals surface area contributed by atoms with Crippen LogP contribution in [0.3, 0.4) is 0 Å². The van der Waals surface area contributed by atoms with Crippen molar-refractivity contribution in [1.29, 1.82) is 0 Å². The lowest BCUT2D eigenvalue weighted by Gasteiger charge is -2.31. The van der Waals surface area contributed by atoms with Gasteiger partial charge in [-0.2, -0.15) is 0 Å². The minimum absolute atomic E-state index is 0. The summed E-state index contributed by atoms with van der Waals surface area (Å²) < 4.78 is 0. The highest BCUT2D eigenvalue weighted by molar-refractivity contribution is 5.85. The Morgan fingerprint density at radius 2 is 1.43 bits per heavy atom. The van der Waals surface area contributed by atoms with Crippen molar-refractivity contribution in [2.75, 3.05) is 19.6 Å². The topological polar surface area (TPSA) is 46.3 Å². The van der Waals surface area contributed by atoms with E-state index in [4.69, 9.17) is 5.73 Å². The fourth-order valence-corrected chi connectivity index (χ4v) is 5.03. The summed E-state index contributed by atoms with van der Waals surface area (Å²) in [6.45, 7) is 2.28. The quantitative estimate of drug-likeness (QED) is 0.819. The number of amides is 1. The van der Waals surface area contributed by atoms with E-state index in [0.717, 1.165) is 38.8 Å². The molecule has 4 heteroatoms. The van der Waals surface area contributed by atoms with E-state index in [0.29, 0.717) is 30.2 Å². The number of hydrogen-bond donors (Lipinski definition) is 1. The number of hydrogen-bond acceptors (Lipinski definition) is 2. The van der Waals surface area contributed by atoms with Gasteiger partial charge in [-0.15, -0.1) is 12.4 Å². The predicted molar refractivity (Wildman–Crippen MR) is 117 cm³/mol. The van der Waals surface area contributed by atoms with Crippen molar-refractivity contribution < 1.29 is 4.79 Å². The zero-order valence-corrected chi connectivity index (χ0v) is 17.2. The average Bonchev–Trinajstić information content (AvgIpc) is 3.19. The summed E-state index contributed by atoms with van der Waals surface area (Å²) in [5, 5.41) is 0. The highest BCUT2D eigenvalue weighted by atomic mass is 35.5. The molecule has 3 nitrogen and oxygen atoms in total. The molecule has 0 unspecified atom stereocenters. The molecule has 150 valence electrons. The van der Waals surface area contributed by atoms with Crippen LogP contribution in [-0.2, 0) is 4.79 Å². The Balaban J connectivity index is 0.00000225.